The highest BCUT2D eigenvalue weighted by molar-refractivity contribution is 5.94. The minimum atomic E-state index is -0.876. The SMILES string of the molecule is CCCCC(=O)Nc1ccc2c(ccn2CC(=O)O)c1. The Morgan fingerprint density at radius 2 is 2.10 bits per heavy atom. The molecule has 2 aromatic rings. The van der Waals surface area contributed by atoms with Crippen molar-refractivity contribution in [1.82, 2.24) is 4.57 Å². The molecule has 1 aromatic heterocycles. The number of carboxylic acid groups (broad SMARTS) is 1. The molecular formula is C15H18N2O3. The van der Waals surface area contributed by atoms with E-state index in [1.165, 1.54) is 0 Å². The molecule has 0 aliphatic carbocycles. The lowest BCUT2D eigenvalue weighted by Crippen LogP contribution is -2.11. The Morgan fingerprint density at radius 3 is 2.80 bits per heavy atom. The molecule has 106 valence electrons. The lowest BCUT2D eigenvalue weighted by Gasteiger charge is -2.06. The predicted molar refractivity (Wildman–Crippen MR) is 77.7 cm³/mol. The molecule has 1 amide bonds. The maximum Gasteiger partial charge on any atom is 0.323 e. The Balaban J connectivity index is 2.14. The first-order valence-electron chi connectivity index (χ1n) is 6.70. The zero-order chi connectivity index (χ0) is 14.5. The van der Waals surface area contributed by atoms with Crippen LogP contribution < -0.4 is 5.32 Å². The van der Waals surface area contributed by atoms with Gasteiger partial charge in [0.15, 0.2) is 0 Å². The number of aliphatic carboxylic acids is 1. The Morgan fingerprint density at radius 1 is 1.30 bits per heavy atom. The highest BCUT2D eigenvalue weighted by Crippen LogP contribution is 2.20. The van der Waals surface area contributed by atoms with Gasteiger partial charge in [-0.3, -0.25) is 9.59 Å². The topological polar surface area (TPSA) is 71.3 Å². The first kappa shape index (κ1) is 14.1. The average molecular weight is 274 g/mol. The molecule has 0 saturated heterocycles. The molecule has 0 unspecified atom stereocenters. The van der Waals surface area contributed by atoms with E-state index in [9.17, 15) is 9.59 Å². The average Bonchev–Trinajstić information content (AvgIpc) is 2.78. The summed E-state index contributed by atoms with van der Waals surface area (Å²) < 4.78 is 1.67. The van der Waals surface area contributed by atoms with Gasteiger partial charge in [-0.2, -0.15) is 0 Å². The summed E-state index contributed by atoms with van der Waals surface area (Å²) in [4.78, 5) is 22.4. The van der Waals surface area contributed by atoms with Crippen molar-refractivity contribution in [3.05, 3.63) is 30.5 Å². The van der Waals surface area contributed by atoms with Crippen LogP contribution in [0.15, 0.2) is 30.5 Å². The van der Waals surface area contributed by atoms with Crippen LogP contribution in [0.1, 0.15) is 26.2 Å². The normalized spacial score (nSPS) is 10.7. The Labute approximate surface area is 117 Å². The van der Waals surface area contributed by atoms with Crippen LogP contribution in [0.2, 0.25) is 0 Å². The third kappa shape index (κ3) is 3.38. The number of fused-ring (bicyclic) bond motifs is 1. The second kappa shape index (κ2) is 6.23. The number of hydrogen-bond donors (Lipinski definition) is 2. The summed E-state index contributed by atoms with van der Waals surface area (Å²) in [6.45, 7) is 1.98. The number of unbranched alkanes of at least 4 members (excludes halogenated alkanes) is 1. The van der Waals surface area contributed by atoms with Crippen molar-refractivity contribution in [1.29, 1.82) is 0 Å². The molecule has 1 aromatic carbocycles. The Kier molecular flexibility index (Phi) is 4.40. The van der Waals surface area contributed by atoms with Crippen molar-refractivity contribution in [2.24, 2.45) is 0 Å². The fourth-order valence-corrected chi connectivity index (χ4v) is 2.12. The van der Waals surface area contributed by atoms with E-state index in [0.29, 0.717) is 6.42 Å². The van der Waals surface area contributed by atoms with Crippen LogP contribution in [0.3, 0.4) is 0 Å². The molecule has 0 fully saturated rings. The maximum atomic E-state index is 11.7. The summed E-state index contributed by atoms with van der Waals surface area (Å²) in [6, 6.07) is 7.33. The summed E-state index contributed by atoms with van der Waals surface area (Å²) >= 11 is 0. The highest BCUT2D eigenvalue weighted by Gasteiger charge is 2.07. The van der Waals surface area contributed by atoms with E-state index in [1.54, 1.807) is 16.8 Å². The number of rotatable bonds is 6. The summed E-state index contributed by atoms with van der Waals surface area (Å²) in [7, 11) is 0. The van der Waals surface area contributed by atoms with Gasteiger partial charge >= 0.3 is 5.97 Å². The quantitative estimate of drug-likeness (QED) is 0.850. The van der Waals surface area contributed by atoms with E-state index in [1.807, 2.05) is 25.1 Å². The standard InChI is InChI=1S/C15H18N2O3/c1-2-3-4-14(18)16-12-5-6-13-11(9-12)7-8-17(13)10-15(19)20/h5-9H,2-4,10H2,1H3,(H,16,18)(H,19,20). The second-order valence-electron chi connectivity index (χ2n) is 4.76. The number of anilines is 1. The van der Waals surface area contributed by atoms with Crippen LogP contribution in [-0.4, -0.2) is 21.6 Å². The van der Waals surface area contributed by atoms with E-state index in [4.69, 9.17) is 5.11 Å². The van der Waals surface area contributed by atoms with Crippen LogP contribution in [0.25, 0.3) is 10.9 Å². The fraction of sp³-hybridized carbons (Fsp3) is 0.333. The predicted octanol–water partition coefficient (Wildman–Crippen LogP) is 2.85. The fourth-order valence-electron chi connectivity index (χ4n) is 2.12. The Bertz CT molecular complexity index is 631. The molecule has 0 spiro atoms. The molecule has 0 bridgehead atoms. The van der Waals surface area contributed by atoms with E-state index in [2.05, 4.69) is 5.32 Å². The minimum Gasteiger partial charge on any atom is -0.480 e. The van der Waals surface area contributed by atoms with Crippen molar-refractivity contribution < 1.29 is 14.7 Å². The summed E-state index contributed by atoms with van der Waals surface area (Å²) in [5.74, 6) is -0.865. The first-order valence-corrected chi connectivity index (χ1v) is 6.70. The van der Waals surface area contributed by atoms with E-state index in [0.717, 1.165) is 29.4 Å². The van der Waals surface area contributed by atoms with Crippen LogP contribution in [-0.2, 0) is 16.1 Å². The summed E-state index contributed by atoms with van der Waals surface area (Å²) in [5.41, 5.74) is 1.59. The molecule has 20 heavy (non-hydrogen) atoms. The van der Waals surface area contributed by atoms with Gasteiger partial charge in [0.2, 0.25) is 5.91 Å². The highest BCUT2D eigenvalue weighted by atomic mass is 16.4. The number of nitrogens with one attached hydrogen (secondary N) is 1. The van der Waals surface area contributed by atoms with Crippen LogP contribution in [0.4, 0.5) is 5.69 Å². The largest absolute Gasteiger partial charge is 0.480 e. The second-order valence-corrected chi connectivity index (χ2v) is 4.76. The molecule has 1 heterocycles. The number of amides is 1. The van der Waals surface area contributed by atoms with Gasteiger partial charge in [-0.1, -0.05) is 13.3 Å². The van der Waals surface area contributed by atoms with Crippen molar-refractivity contribution in [3.8, 4) is 0 Å². The molecule has 0 aliphatic rings. The van der Waals surface area contributed by atoms with Gasteiger partial charge in [0, 0.05) is 29.2 Å². The molecule has 0 aliphatic heterocycles. The Hall–Kier alpha value is -2.30. The molecule has 2 rings (SSSR count). The van der Waals surface area contributed by atoms with Crippen molar-refractivity contribution in [2.45, 2.75) is 32.7 Å². The lowest BCUT2D eigenvalue weighted by atomic mass is 10.2. The van der Waals surface area contributed by atoms with Gasteiger partial charge in [0.05, 0.1) is 0 Å². The number of aromatic nitrogens is 1. The zero-order valence-electron chi connectivity index (χ0n) is 11.4. The third-order valence-corrected chi connectivity index (χ3v) is 3.12. The number of carbonyl (C=O) groups excluding carboxylic acids is 1. The van der Waals surface area contributed by atoms with Crippen LogP contribution in [0.5, 0.6) is 0 Å². The van der Waals surface area contributed by atoms with Gasteiger partial charge in [-0.25, -0.2) is 0 Å². The smallest absolute Gasteiger partial charge is 0.323 e. The molecule has 2 N–H and O–H groups in total. The molecule has 5 heteroatoms. The molecule has 0 atom stereocenters. The van der Waals surface area contributed by atoms with Gasteiger partial charge < -0.3 is 15.0 Å². The van der Waals surface area contributed by atoms with Gasteiger partial charge in [0.25, 0.3) is 0 Å². The van der Waals surface area contributed by atoms with Gasteiger partial charge in [-0.15, -0.1) is 0 Å². The van der Waals surface area contributed by atoms with E-state index < -0.39 is 5.97 Å². The third-order valence-electron chi connectivity index (χ3n) is 3.12. The van der Waals surface area contributed by atoms with E-state index in [-0.39, 0.29) is 12.5 Å². The van der Waals surface area contributed by atoms with Crippen molar-refractivity contribution in [2.75, 3.05) is 5.32 Å². The number of carboxylic acids is 1. The number of hydrogen-bond acceptors (Lipinski definition) is 2. The summed E-state index contributed by atoms with van der Waals surface area (Å²) in [6.07, 6.45) is 4.13. The molecule has 0 radical (unpaired) electrons. The molecule has 5 nitrogen and oxygen atoms in total. The number of nitrogens with zero attached hydrogens (tertiary/aromatic N) is 1. The number of carbonyl (C=O) groups is 2. The minimum absolute atomic E-state index is 0.0103. The summed E-state index contributed by atoms with van der Waals surface area (Å²) in [5, 5.41) is 12.6. The van der Waals surface area contributed by atoms with Crippen LogP contribution >= 0.6 is 0 Å². The molecule has 0 saturated carbocycles. The van der Waals surface area contributed by atoms with Gasteiger partial charge in [0.1, 0.15) is 6.54 Å². The van der Waals surface area contributed by atoms with Crippen molar-refractivity contribution in [3.63, 3.8) is 0 Å². The zero-order valence-corrected chi connectivity index (χ0v) is 11.4. The molecular weight excluding hydrogens is 256 g/mol. The maximum absolute atomic E-state index is 11.7. The monoisotopic (exact) mass is 274 g/mol. The van der Waals surface area contributed by atoms with Crippen LogP contribution in [0, 0.1) is 0 Å². The number of benzene rings is 1. The lowest BCUT2D eigenvalue weighted by molar-refractivity contribution is -0.137. The first-order chi connectivity index (χ1) is 9.60. The van der Waals surface area contributed by atoms with Crippen molar-refractivity contribution >= 4 is 28.5 Å². The van der Waals surface area contributed by atoms with E-state index >= 15 is 0 Å². The van der Waals surface area contributed by atoms with Gasteiger partial charge in [-0.05, 0) is 30.7 Å².